The first-order valence-electron chi connectivity index (χ1n) is 12.2. The zero-order chi connectivity index (χ0) is 26.8. The van der Waals surface area contributed by atoms with Crippen LogP contribution >= 0.6 is 11.8 Å². The van der Waals surface area contributed by atoms with Crippen LogP contribution in [0.15, 0.2) is 112 Å². The van der Waals surface area contributed by atoms with Crippen LogP contribution in [0, 0.1) is 0 Å². The predicted molar refractivity (Wildman–Crippen MR) is 151 cm³/mol. The number of rotatable bonds is 7. The highest BCUT2D eigenvalue weighted by atomic mass is 32.2. The molecule has 1 N–H and O–H groups in total. The molecule has 0 spiro atoms. The Morgan fingerprint density at radius 2 is 1.82 bits per heavy atom. The van der Waals surface area contributed by atoms with Crippen LogP contribution in [-0.2, 0) is 17.9 Å². The number of carbonyl (C=O) groups excluding carboxylic acids is 1. The highest BCUT2D eigenvalue weighted by molar-refractivity contribution is 8.18. The highest BCUT2D eigenvalue weighted by Gasteiger charge is 2.34. The van der Waals surface area contributed by atoms with Crippen LogP contribution in [0.2, 0.25) is 0 Å². The second kappa shape index (κ2) is 10.5. The van der Waals surface area contributed by atoms with Gasteiger partial charge in [0.25, 0.3) is 5.91 Å². The minimum absolute atomic E-state index is 0.101. The average molecular weight is 535 g/mol. The van der Waals surface area contributed by atoms with E-state index < -0.39 is 5.97 Å². The first-order chi connectivity index (χ1) is 19.0. The Balaban J connectivity index is 1.37. The Bertz CT molecular complexity index is 1740. The topological polar surface area (TPSA) is 101 Å². The molecule has 192 valence electrons. The molecular weight excluding hydrogens is 512 g/mol. The quantitative estimate of drug-likeness (QED) is 0.250. The number of furan rings is 1. The zero-order valence-electron chi connectivity index (χ0n) is 20.6. The maximum Gasteiger partial charge on any atom is 0.371 e. The second-order valence-electron chi connectivity index (χ2n) is 8.89. The fourth-order valence-corrected chi connectivity index (χ4v) is 5.41. The van der Waals surface area contributed by atoms with E-state index in [0.717, 1.165) is 27.7 Å². The van der Waals surface area contributed by atoms with Crippen LogP contribution in [0.5, 0.6) is 0 Å². The van der Waals surface area contributed by atoms with Gasteiger partial charge in [0.2, 0.25) is 5.76 Å². The number of pyridine rings is 1. The molecule has 1 aliphatic heterocycles. The lowest BCUT2D eigenvalue weighted by Gasteiger charge is -2.15. The van der Waals surface area contributed by atoms with Crippen LogP contribution in [0.4, 0.5) is 5.69 Å². The Labute approximate surface area is 227 Å². The summed E-state index contributed by atoms with van der Waals surface area (Å²) >= 11 is 1.34. The summed E-state index contributed by atoms with van der Waals surface area (Å²) in [6, 6.07) is 24.3. The third-order valence-electron chi connectivity index (χ3n) is 6.24. The number of aromatic carboxylic acids is 1. The molecule has 0 saturated carbocycles. The van der Waals surface area contributed by atoms with Crippen LogP contribution in [0.3, 0.4) is 0 Å². The summed E-state index contributed by atoms with van der Waals surface area (Å²) in [6.07, 6.45) is 7.29. The lowest BCUT2D eigenvalue weighted by Crippen LogP contribution is -2.28. The lowest BCUT2D eigenvalue weighted by molar-refractivity contribution is -0.122. The molecule has 39 heavy (non-hydrogen) atoms. The summed E-state index contributed by atoms with van der Waals surface area (Å²) in [7, 11) is 0. The molecule has 0 aliphatic carbocycles. The summed E-state index contributed by atoms with van der Waals surface area (Å²) in [5.41, 5.74) is 3.48. The highest BCUT2D eigenvalue weighted by Crippen LogP contribution is 2.36. The molecular formula is C30H22N4O4S. The van der Waals surface area contributed by atoms with Crippen molar-refractivity contribution in [1.82, 2.24) is 14.5 Å². The summed E-state index contributed by atoms with van der Waals surface area (Å²) < 4.78 is 7.47. The van der Waals surface area contributed by atoms with Gasteiger partial charge in [-0.05, 0) is 59.8 Å². The number of nitrogens with zero attached hydrogens (tertiary/aromatic N) is 4. The van der Waals surface area contributed by atoms with Gasteiger partial charge in [-0.1, -0.05) is 42.5 Å². The fraction of sp³-hybridized carbons (Fsp3) is 0.0667. The van der Waals surface area contributed by atoms with E-state index in [4.69, 9.17) is 9.41 Å². The maximum absolute atomic E-state index is 13.7. The van der Waals surface area contributed by atoms with Gasteiger partial charge < -0.3 is 14.1 Å². The van der Waals surface area contributed by atoms with Crippen molar-refractivity contribution < 1.29 is 19.1 Å². The molecule has 1 aliphatic rings. The van der Waals surface area contributed by atoms with Crippen molar-refractivity contribution in [2.45, 2.75) is 13.1 Å². The largest absolute Gasteiger partial charge is 0.475 e. The van der Waals surface area contributed by atoms with Gasteiger partial charge in [-0.15, -0.1) is 0 Å². The normalized spacial score (nSPS) is 15.6. The van der Waals surface area contributed by atoms with Crippen molar-refractivity contribution in [2.24, 2.45) is 4.99 Å². The molecule has 5 aromatic rings. The number of amides is 1. The second-order valence-corrected chi connectivity index (χ2v) is 9.90. The molecule has 4 heterocycles. The molecule has 3 aromatic heterocycles. The smallest absolute Gasteiger partial charge is 0.371 e. The molecule has 1 amide bonds. The first kappa shape index (κ1) is 24.4. The molecule has 2 aromatic carbocycles. The zero-order valence-corrected chi connectivity index (χ0v) is 21.4. The number of fused-ring (bicyclic) bond motifs is 1. The number of para-hydroxylation sites is 2. The number of carboxylic acid groups (broad SMARTS) is 1. The van der Waals surface area contributed by atoms with Gasteiger partial charge >= 0.3 is 5.97 Å². The number of aromatic nitrogens is 2. The van der Waals surface area contributed by atoms with Crippen LogP contribution in [0.25, 0.3) is 17.0 Å². The molecule has 0 radical (unpaired) electrons. The fourth-order valence-electron chi connectivity index (χ4n) is 4.43. The van der Waals surface area contributed by atoms with E-state index >= 15 is 0 Å². The molecule has 8 nitrogen and oxygen atoms in total. The number of carboxylic acids is 1. The number of aliphatic imine (C=N–C) groups is 1. The van der Waals surface area contributed by atoms with Crippen LogP contribution < -0.4 is 0 Å². The molecule has 6 rings (SSSR count). The van der Waals surface area contributed by atoms with Gasteiger partial charge in [-0.2, -0.15) is 0 Å². The minimum atomic E-state index is -1.11. The third-order valence-corrected chi connectivity index (χ3v) is 7.24. The SMILES string of the molecule is O=C(O)c1ccc(Cn2cc(/C=C3\SC(=Nc4ccccc4)N(Cc4cccnc4)C3=O)c3ccccc32)o1. The number of thioether (sulfide) groups is 1. The predicted octanol–water partition coefficient (Wildman–Crippen LogP) is 6.18. The summed E-state index contributed by atoms with van der Waals surface area (Å²) in [5, 5.41) is 10.8. The van der Waals surface area contributed by atoms with Crippen molar-refractivity contribution in [3.63, 3.8) is 0 Å². The molecule has 1 saturated heterocycles. The number of benzene rings is 2. The van der Waals surface area contributed by atoms with Crippen molar-refractivity contribution in [3.8, 4) is 0 Å². The lowest BCUT2D eigenvalue weighted by atomic mass is 10.1. The maximum atomic E-state index is 13.7. The van der Waals surface area contributed by atoms with Crippen molar-refractivity contribution >= 4 is 51.5 Å². The molecule has 1 fully saturated rings. The van der Waals surface area contributed by atoms with E-state index in [1.807, 2.05) is 83.6 Å². The van der Waals surface area contributed by atoms with Crippen molar-refractivity contribution in [2.75, 3.05) is 0 Å². The van der Waals surface area contributed by atoms with Crippen molar-refractivity contribution in [3.05, 3.63) is 125 Å². The van der Waals surface area contributed by atoms with E-state index in [2.05, 4.69) is 4.98 Å². The van der Waals surface area contributed by atoms with E-state index in [1.54, 1.807) is 23.4 Å². The molecule has 0 atom stereocenters. The van der Waals surface area contributed by atoms with Gasteiger partial charge in [-0.3, -0.25) is 14.7 Å². The number of hydrogen-bond acceptors (Lipinski definition) is 6. The average Bonchev–Trinajstić information content (AvgIpc) is 3.64. The Kier molecular flexibility index (Phi) is 6.56. The van der Waals surface area contributed by atoms with Crippen molar-refractivity contribution in [1.29, 1.82) is 0 Å². The minimum Gasteiger partial charge on any atom is -0.475 e. The van der Waals surface area contributed by atoms with Crippen LogP contribution in [-0.4, -0.2) is 36.6 Å². The summed E-state index contributed by atoms with van der Waals surface area (Å²) in [6.45, 7) is 0.709. The molecule has 0 bridgehead atoms. The van der Waals surface area contributed by atoms with Gasteiger partial charge in [0.15, 0.2) is 5.17 Å². The monoisotopic (exact) mass is 534 g/mol. The van der Waals surface area contributed by atoms with E-state index in [9.17, 15) is 14.7 Å². The Morgan fingerprint density at radius 3 is 2.59 bits per heavy atom. The van der Waals surface area contributed by atoms with Gasteiger partial charge in [0.05, 0.1) is 23.7 Å². The molecule has 0 unspecified atom stereocenters. The number of amidine groups is 1. The standard InChI is InChI=1S/C30H22N4O4S/c35-28-27(39-30(32-22-8-2-1-3-9-22)34(28)17-20-7-6-14-31-16-20)15-21-18-33(25-11-5-4-10-24(21)25)19-23-12-13-26(38-23)29(36)37/h1-16,18H,17,19H2,(H,36,37)/b27-15-,32-30?. The summed E-state index contributed by atoms with van der Waals surface area (Å²) in [5.74, 6) is -0.814. The number of carbonyl (C=O) groups is 2. The van der Waals surface area contributed by atoms with Gasteiger partial charge in [0, 0.05) is 35.1 Å². The summed E-state index contributed by atoms with van der Waals surface area (Å²) in [4.78, 5) is 36.1. The first-order valence-corrected chi connectivity index (χ1v) is 13.0. The Morgan fingerprint density at radius 1 is 1.00 bits per heavy atom. The van der Waals surface area contributed by atoms with E-state index in [1.165, 1.54) is 17.8 Å². The van der Waals surface area contributed by atoms with E-state index in [0.29, 0.717) is 28.9 Å². The van der Waals surface area contributed by atoms with Crippen LogP contribution in [0.1, 0.15) is 27.4 Å². The Hall–Kier alpha value is -4.89. The van der Waals surface area contributed by atoms with E-state index in [-0.39, 0.29) is 11.7 Å². The number of hydrogen-bond donors (Lipinski definition) is 1. The molecule has 9 heteroatoms. The van der Waals surface area contributed by atoms with Gasteiger partial charge in [0.1, 0.15) is 5.76 Å². The third kappa shape index (κ3) is 5.12. The van der Waals surface area contributed by atoms with Gasteiger partial charge in [-0.25, -0.2) is 9.79 Å².